The van der Waals surface area contributed by atoms with Crippen molar-refractivity contribution in [1.82, 2.24) is 14.5 Å². The third kappa shape index (κ3) is 3.76. The lowest BCUT2D eigenvalue weighted by Gasteiger charge is -2.25. The van der Waals surface area contributed by atoms with Crippen LogP contribution in [0.3, 0.4) is 0 Å². The number of anilines is 1. The summed E-state index contributed by atoms with van der Waals surface area (Å²) < 4.78 is 7.41. The Morgan fingerprint density at radius 3 is 2.86 bits per heavy atom. The molecule has 0 fully saturated rings. The number of hydrogen-bond donors (Lipinski definition) is 1. The van der Waals surface area contributed by atoms with Gasteiger partial charge in [-0.15, -0.1) is 0 Å². The van der Waals surface area contributed by atoms with Gasteiger partial charge in [-0.2, -0.15) is 0 Å². The first-order chi connectivity index (χ1) is 10.2. The summed E-state index contributed by atoms with van der Waals surface area (Å²) in [5.41, 5.74) is 1.22. The molecular weight excluding hydrogens is 264 g/mol. The fourth-order valence-electron chi connectivity index (χ4n) is 2.37. The molecule has 114 valence electrons. The third-order valence-corrected chi connectivity index (χ3v) is 3.61. The molecule has 1 aromatic carbocycles. The quantitative estimate of drug-likeness (QED) is 0.850. The Bertz CT molecular complexity index is 565. The lowest BCUT2D eigenvalue weighted by atomic mass is 10.1. The van der Waals surface area contributed by atoms with Gasteiger partial charge in [0.25, 0.3) is 0 Å². The number of benzene rings is 1. The number of ether oxygens (including phenoxy) is 1. The van der Waals surface area contributed by atoms with Crippen LogP contribution in [0.5, 0.6) is 5.75 Å². The van der Waals surface area contributed by atoms with E-state index < -0.39 is 0 Å². The summed E-state index contributed by atoms with van der Waals surface area (Å²) in [7, 11) is 5.86. The molecule has 1 unspecified atom stereocenters. The number of nitrogens with zero attached hydrogens (tertiary/aromatic N) is 3. The molecule has 1 heterocycles. The van der Waals surface area contributed by atoms with E-state index in [4.69, 9.17) is 4.74 Å². The highest BCUT2D eigenvalue weighted by molar-refractivity contribution is 5.33. The normalized spacial score (nSPS) is 12.4. The summed E-state index contributed by atoms with van der Waals surface area (Å²) in [5, 5.41) is 3.43. The summed E-state index contributed by atoms with van der Waals surface area (Å²) in [6.45, 7) is 3.81. The smallest absolute Gasteiger partial charge is 0.202 e. The predicted octanol–water partition coefficient (Wildman–Crippen LogP) is 2.63. The van der Waals surface area contributed by atoms with Crippen LogP contribution >= 0.6 is 0 Å². The molecule has 5 heteroatoms. The van der Waals surface area contributed by atoms with Gasteiger partial charge in [0.1, 0.15) is 5.75 Å². The predicted molar refractivity (Wildman–Crippen MR) is 85.8 cm³/mol. The number of hydrogen-bond acceptors (Lipinski definition) is 4. The van der Waals surface area contributed by atoms with Crippen molar-refractivity contribution in [3.05, 3.63) is 42.2 Å². The first kappa shape index (κ1) is 15.4. The molecule has 0 bridgehead atoms. The Balaban J connectivity index is 2.12. The summed E-state index contributed by atoms with van der Waals surface area (Å²) in [5.74, 6) is 1.79. The van der Waals surface area contributed by atoms with Gasteiger partial charge in [-0.05, 0) is 38.7 Å². The standard InChI is InChI=1S/C16H24N4O/c1-5-20-10-9-17-16(20)18-12-15(19(2)3)13-7-6-8-14(11-13)21-4/h6-11,15H,5,12H2,1-4H3,(H,17,18). The average Bonchev–Trinajstić information content (AvgIpc) is 2.95. The van der Waals surface area contributed by atoms with Crippen molar-refractivity contribution >= 4 is 5.95 Å². The van der Waals surface area contributed by atoms with E-state index in [2.05, 4.69) is 52.9 Å². The molecule has 0 radical (unpaired) electrons. The molecule has 2 aromatic rings. The molecule has 0 aliphatic heterocycles. The van der Waals surface area contributed by atoms with Gasteiger partial charge in [0.05, 0.1) is 13.2 Å². The van der Waals surface area contributed by atoms with E-state index in [0.717, 1.165) is 24.8 Å². The molecule has 1 atom stereocenters. The van der Waals surface area contributed by atoms with Crippen LogP contribution in [0.15, 0.2) is 36.7 Å². The molecule has 2 rings (SSSR count). The van der Waals surface area contributed by atoms with E-state index in [-0.39, 0.29) is 6.04 Å². The minimum absolute atomic E-state index is 0.252. The lowest BCUT2D eigenvalue weighted by molar-refractivity contribution is 0.310. The van der Waals surface area contributed by atoms with Crippen LogP contribution in [-0.4, -0.2) is 42.2 Å². The number of methoxy groups -OCH3 is 1. The van der Waals surface area contributed by atoms with Crippen molar-refractivity contribution in [2.45, 2.75) is 19.5 Å². The van der Waals surface area contributed by atoms with Crippen molar-refractivity contribution in [2.24, 2.45) is 0 Å². The van der Waals surface area contributed by atoms with Crippen LogP contribution in [0.2, 0.25) is 0 Å². The zero-order valence-electron chi connectivity index (χ0n) is 13.2. The summed E-state index contributed by atoms with van der Waals surface area (Å²) in [4.78, 5) is 6.55. The zero-order chi connectivity index (χ0) is 15.2. The van der Waals surface area contributed by atoms with Gasteiger partial charge in [-0.25, -0.2) is 4.98 Å². The van der Waals surface area contributed by atoms with E-state index >= 15 is 0 Å². The maximum absolute atomic E-state index is 5.32. The summed E-state index contributed by atoms with van der Waals surface area (Å²) in [6, 6.07) is 8.45. The fourth-order valence-corrected chi connectivity index (χ4v) is 2.37. The molecule has 1 N–H and O–H groups in total. The Labute approximate surface area is 126 Å². The van der Waals surface area contributed by atoms with Gasteiger partial charge in [-0.3, -0.25) is 0 Å². The van der Waals surface area contributed by atoms with Crippen molar-refractivity contribution in [2.75, 3.05) is 33.1 Å². The zero-order valence-corrected chi connectivity index (χ0v) is 13.2. The Morgan fingerprint density at radius 1 is 1.38 bits per heavy atom. The number of rotatable bonds is 7. The second-order valence-corrected chi connectivity index (χ2v) is 5.17. The molecule has 0 aliphatic carbocycles. The second kappa shape index (κ2) is 7.13. The van der Waals surface area contributed by atoms with Crippen LogP contribution in [0.25, 0.3) is 0 Å². The molecule has 5 nitrogen and oxygen atoms in total. The van der Waals surface area contributed by atoms with Gasteiger partial charge in [0, 0.05) is 25.5 Å². The molecular formula is C16H24N4O. The third-order valence-electron chi connectivity index (χ3n) is 3.61. The number of imidazole rings is 1. The maximum Gasteiger partial charge on any atom is 0.202 e. The first-order valence-electron chi connectivity index (χ1n) is 7.21. The van der Waals surface area contributed by atoms with Gasteiger partial charge >= 0.3 is 0 Å². The van der Waals surface area contributed by atoms with Gasteiger partial charge in [-0.1, -0.05) is 12.1 Å². The molecule has 0 saturated carbocycles. The molecule has 0 spiro atoms. The SMILES string of the molecule is CCn1ccnc1NCC(c1cccc(OC)c1)N(C)C. The lowest BCUT2D eigenvalue weighted by Crippen LogP contribution is -2.27. The maximum atomic E-state index is 5.32. The minimum atomic E-state index is 0.252. The van der Waals surface area contributed by atoms with Crippen LogP contribution in [0, 0.1) is 0 Å². The average molecular weight is 288 g/mol. The van der Waals surface area contributed by atoms with Crippen molar-refractivity contribution in [3.8, 4) is 5.75 Å². The van der Waals surface area contributed by atoms with Crippen molar-refractivity contribution < 1.29 is 4.74 Å². The summed E-state index contributed by atoms with van der Waals surface area (Å²) >= 11 is 0. The highest BCUT2D eigenvalue weighted by Gasteiger charge is 2.15. The Kier molecular flexibility index (Phi) is 5.22. The number of nitrogens with one attached hydrogen (secondary N) is 1. The van der Waals surface area contributed by atoms with Crippen LogP contribution < -0.4 is 10.1 Å². The fraction of sp³-hybridized carbons (Fsp3) is 0.438. The van der Waals surface area contributed by atoms with Gasteiger partial charge in [0.2, 0.25) is 5.95 Å². The van der Waals surface area contributed by atoms with E-state index in [9.17, 15) is 0 Å². The second-order valence-electron chi connectivity index (χ2n) is 5.17. The van der Waals surface area contributed by atoms with E-state index in [1.54, 1.807) is 7.11 Å². The van der Waals surface area contributed by atoms with E-state index in [1.807, 2.05) is 24.5 Å². The highest BCUT2D eigenvalue weighted by Crippen LogP contribution is 2.23. The van der Waals surface area contributed by atoms with E-state index in [0.29, 0.717) is 0 Å². The van der Waals surface area contributed by atoms with E-state index in [1.165, 1.54) is 5.56 Å². The molecule has 21 heavy (non-hydrogen) atoms. The van der Waals surface area contributed by atoms with Gasteiger partial charge < -0.3 is 19.5 Å². The van der Waals surface area contributed by atoms with Crippen LogP contribution in [0.1, 0.15) is 18.5 Å². The first-order valence-corrected chi connectivity index (χ1v) is 7.21. The minimum Gasteiger partial charge on any atom is -0.497 e. The monoisotopic (exact) mass is 288 g/mol. The molecule has 1 aromatic heterocycles. The number of likely N-dealkylation sites (N-methyl/N-ethyl adjacent to an activating group) is 1. The van der Waals surface area contributed by atoms with Crippen molar-refractivity contribution in [1.29, 1.82) is 0 Å². The Morgan fingerprint density at radius 2 is 2.19 bits per heavy atom. The van der Waals surface area contributed by atoms with Crippen LogP contribution in [-0.2, 0) is 6.54 Å². The van der Waals surface area contributed by atoms with Gasteiger partial charge in [0.15, 0.2) is 0 Å². The molecule has 0 saturated heterocycles. The number of aromatic nitrogens is 2. The highest BCUT2D eigenvalue weighted by atomic mass is 16.5. The van der Waals surface area contributed by atoms with Crippen molar-refractivity contribution in [3.63, 3.8) is 0 Å². The Hall–Kier alpha value is -2.01. The summed E-state index contributed by atoms with van der Waals surface area (Å²) in [6.07, 6.45) is 3.81. The molecule has 0 amide bonds. The molecule has 0 aliphatic rings. The topological polar surface area (TPSA) is 42.3 Å². The van der Waals surface area contributed by atoms with Crippen LogP contribution in [0.4, 0.5) is 5.95 Å². The largest absolute Gasteiger partial charge is 0.497 e. The number of aryl methyl sites for hydroxylation is 1.